The van der Waals surface area contributed by atoms with Gasteiger partial charge in [-0.1, -0.05) is 25.1 Å². The van der Waals surface area contributed by atoms with Crippen molar-refractivity contribution in [3.05, 3.63) is 34.9 Å². The molecule has 0 aliphatic rings. The molecule has 0 atom stereocenters. The molecule has 1 aromatic rings. The molecule has 1 amide bonds. The van der Waals surface area contributed by atoms with Crippen LogP contribution in [-0.4, -0.2) is 35.6 Å². The summed E-state index contributed by atoms with van der Waals surface area (Å²) in [5.41, 5.74) is 3.50. The number of aliphatic hydroxyl groups excluding tert-OH is 1. The van der Waals surface area contributed by atoms with Crippen LogP contribution in [0, 0.1) is 13.8 Å². The van der Waals surface area contributed by atoms with E-state index in [0.29, 0.717) is 19.5 Å². The van der Waals surface area contributed by atoms with Crippen LogP contribution in [-0.2, 0) is 11.2 Å². The number of carbonyl (C=O) groups excluding carboxylic acids is 1. The number of amides is 1. The Hall–Kier alpha value is -1.35. The number of aryl methyl sites for hydroxylation is 2. The Morgan fingerprint density at radius 1 is 1.22 bits per heavy atom. The van der Waals surface area contributed by atoms with Crippen LogP contribution in [0.15, 0.2) is 18.2 Å². The average Bonchev–Trinajstić information content (AvgIpc) is 2.33. The lowest BCUT2D eigenvalue weighted by molar-refractivity contribution is -0.131. The van der Waals surface area contributed by atoms with E-state index in [4.69, 9.17) is 5.11 Å². The molecule has 0 bridgehead atoms. The fourth-order valence-corrected chi connectivity index (χ4v) is 1.95. The predicted octanol–water partition coefficient (Wildman–Crippen LogP) is 2.08. The number of aliphatic hydroxyl groups is 1. The summed E-state index contributed by atoms with van der Waals surface area (Å²) in [6, 6.07) is 6.12. The lowest BCUT2D eigenvalue weighted by Crippen LogP contribution is -2.35. The van der Waals surface area contributed by atoms with Crippen molar-refractivity contribution in [1.29, 1.82) is 0 Å². The highest BCUT2D eigenvalue weighted by Gasteiger charge is 2.12. The van der Waals surface area contributed by atoms with Crippen molar-refractivity contribution in [3.63, 3.8) is 0 Å². The molecule has 0 heterocycles. The Morgan fingerprint density at radius 3 is 2.50 bits per heavy atom. The van der Waals surface area contributed by atoms with E-state index in [1.165, 1.54) is 11.1 Å². The molecule has 0 fully saturated rings. The molecule has 0 spiro atoms. The predicted molar refractivity (Wildman–Crippen MR) is 73.6 cm³/mol. The molecule has 100 valence electrons. The lowest BCUT2D eigenvalue weighted by atomic mass is 10.0. The first-order valence-corrected chi connectivity index (χ1v) is 6.53. The Labute approximate surface area is 109 Å². The maximum absolute atomic E-state index is 12.1. The van der Waals surface area contributed by atoms with E-state index in [1.807, 2.05) is 19.1 Å². The minimum Gasteiger partial charge on any atom is -0.395 e. The van der Waals surface area contributed by atoms with Gasteiger partial charge in [-0.2, -0.15) is 0 Å². The third-order valence-electron chi connectivity index (χ3n) is 3.14. The normalized spacial score (nSPS) is 10.4. The molecule has 1 rings (SSSR count). The quantitative estimate of drug-likeness (QED) is 0.838. The van der Waals surface area contributed by atoms with E-state index in [2.05, 4.69) is 19.9 Å². The molecule has 1 aromatic carbocycles. The van der Waals surface area contributed by atoms with Gasteiger partial charge in [-0.05, 0) is 37.0 Å². The second-order valence-corrected chi connectivity index (χ2v) is 4.70. The number of hydrogen-bond donors (Lipinski definition) is 1. The molecule has 0 unspecified atom stereocenters. The monoisotopic (exact) mass is 249 g/mol. The summed E-state index contributed by atoms with van der Waals surface area (Å²) in [4.78, 5) is 13.8. The first kappa shape index (κ1) is 14.7. The topological polar surface area (TPSA) is 40.5 Å². The highest BCUT2D eigenvalue weighted by molar-refractivity contribution is 5.78. The largest absolute Gasteiger partial charge is 0.395 e. The number of benzene rings is 1. The number of rotatable bonds is 6. The van der Waals surface area contributed by atoms with Crippen molar-refractivity contribution < 1.29 is 9.90 Å². The maximum atomic E-state index is 12.1. The van der Waals surface area contributed by atoms with Crippen LogP contribution in [0.25, 0.3) is 0 Å². The zero-order valence-electron chi connectivity index (χ0n) is 11.6. The summed E-state index contributed by atoms with van der Waals surface area (Å²) in [6.45, 7) is 7.32. The number of nitrogens with zero attached hydrogens (tertiary/aromatic N) is 1. The first-order chi connectivity index (χ1) is 8.58. The Morgan fingerprint density at radius 2 is 1.94 bits per heavy atom. The van der Waals surface area contributed by atoms with Gasteiger partial charge in [0.15, 0.2) is 0 Å². The molecule has 0 aromatic heterocycles. The van der Waals surface area contributed by atoms with Gasteiger partial charge in [0.1, 0.15) is 0 Å². The van der Waals surface area contributed by atoms with Gasteiger partial charge in [0.25, 0.3) is 0 Å². The van der Waals surface area contributed by atoms with Crippen molar-refractivity contribution in [2.24, 2.45) is 0 Å². The van der Waals surface area contributed by atoms with Gasteiger partial charge in [0, 0.05) is 13.1 Å². The Balaban J connectivity index is 2.69. The highest BCUT2D eigenvalue weighted by atomic mass is 16.3. The van der Waals surface area contributed by atoms with Crippen LogP contribution in [0.4, 0.5) is 0 Å². The van der Waals surface area contributed by atoms with Crippen LogP contribution in [0.5, 0.6) is 0 Å². The van der Waals surface area contributed by atoms with Crippen molar-refractivity contribution in [1.82, 2.24) is 4.90 Å². The molecule has 0 saturated carbocycles. The van der Waals surface area contributed by atoms with Gasteiger partial charge >= 0.3 is 0 Å². The summed E-state index contributed by atoms with van der Waals surface area (Å²) >= 11 is 0. The Kier molecular flexibility index (Phi) is 5.86. The molecule has 0 aliphatic carbocycles. The molecule has 0 saturated heterocycles. The van der Waals surface area contributed by atoms with Crippen LogP contribution in [0.2, 0.25) is 0 Å². The Bertz CT molecular complexity index is 395. The fraction of sp³-hybridized carbons (Fsp3) is 0.533. The maximum Gasteiger partial charge on any atom is 0.227 e. The molecule has 0 aliphatic heterocycles. The first-order valence-electron chi connectivity index (χ1n) is 6.53. The van der Waals surface area contributed by atoms with Gasteiger partial charge in [-0.3, -0.25) is 4.79 Å². The van der Waals surface area contributed by atoms with Gasteiger partial charge in [0.2, 0.25) is 5.91 Å². The van der Waals surface area contributed by atoms with Gasteiger partial charge in [0.05, 0.1) is 13.0 Å². The molecule has 18 heavy (non-hydrogen) atoms. The van der Waals surface area contributed by atoms with E-state index < -0.39 is 0 Å². The van der Waals surface area contributed by atoms with Crippen molar-refractivity contribution in [2.45, 2.75) is 33.6 Å². The summed E-state index contributed by atoms with van der Waals surface area (Å²) in [5, 5.41) is 8.96. The third-order valence-corrected chi connectivity index (χ3v) is 3.14. The highest BCUT2D eigenvalue weighted by Crippen LogP contribution is 2.11. The van der Waals surface area contributed by atoms with Crippen LogP contribution in [0.3, 0.4) is 0 Å². The number of carbonyl (C=O) groups is 1. The summed E-state index contributed by atoms with van der Waals surface area (Å²) in [7, 11) is 0. The molecule has 0 radical (unpaired) electrons. The van der Waals surface area contributed by atoms with Crippen molar-refractivity contribution in [2.75, 3.05) is 19.7 Å². The van der Waals surface area contributed by atoms with E-state index in [1.54, 1.807) is 4.90 Å². The number of hydrogen-bond acceptors (Lipinski definition) is 2. The minimum absolute atomic E-state index is 0.0265. The molecular weight excluding hydrogens is 226 g/mol. The molecule has 1 N–H and O–H groups in total. The summed E-state index contributed by atoms with van der Waals surface area (Å²) in [6.07, 6.45) is 1.33. The second-order valence-electron chi connectivity index (χ2n) is 4.70. The third kappa shape index (κ3) is 4.15. The summed E-state index contributed by atoms with van der Waals surface area (Å²) in [5.74, 6) is 0.0918. The van der Waals surface area contributed by atoms with Gasteiger partial charge in [-0.25, -0.2) is 0 Å². The molecule has 3 nitrogen and oxygen atoms in total. The summed E-state index contributed by atoms with van der Waals surface area (Å²) < 4.78 is 0. The van der Waals surface area contributed by atoms with E-state index in [-0.39, 0.29) is 12.5 Å². The zero-order valence-corrected chi connectivity index (χ0v) is 11.6. The van der Waals surface area contributed by atoms with Gasteiger partial charge < -0.3 is 10.0 Å². The van der Waals surface area contributed by atoms with Crippen LogP contribution in [0.1, 0.15) is 30.0 Å². The second kappa shape index (κ2) is 7.17. The average molecular weight is 249 g/mol. The lowest BCUT2D eigenvalue weighted by Gasteiger charge is -2.21. The molecule has 3 heteroatoms. The minimum atomic E-state index is 0.0265. The SMILES string of the molecule is CCCN(CCO)C(=O)Cc1ccc(C)c(C)c1. The van der Waals surface area contributed by atoms with Crippen LogP contribution < -0.4 is 0 Å². The van der Waals surface area contributed by atoms with E-state index in [9.17, 15) is 4.79 Å². The molecular formula is C15H23NO2. The van der Waals surface area contributed by atoms with E-state index >= 15 is 0 Å². The standard InChI is InChI=1S/C15H23NO2/c1-4-7-16(8-9-17)15(18)11-14-6-5-12(2)13(3)10-14/h5-6,10,17H,4,7-9,11H2,1-3H3. The van der Waals surface area contributed by atoms with Crippen LogP contribution >= 0.6 is 0 Å². The smallest absolute Gasteiger partial charge is 0.227 e. The fourth-order valence-electron chi connectivity index (χ4n) is 1.95. The zero-order chi connectivity index (χ0) is 13.5. The van der Waals surface area contributed by atoms with Crippen molar-refractivity contribution >= 4 is 5.91 Å². The van der Waals surface area contributed by atoms with Gasteiger partial charge in [-0.15, -0.1) is 0 Å². The van der Waals surface area contributed by atoms with Crippen molar-refractivity contribution in [3.8, 4) is 0 Å². The van der Waals surface area contributed by atoms with E-state index in [0.717, 1.165) is 12.0 Å².